The highest BCUT2D eigenvalue weighted by molar-refractivity contribution is 5.96. The molecule has 0 unspecified atom stereocenters. The molecule has 0 spiro atoms. The Hall–Kier alpha value is -2.48. The van der Waals surface area contributed by atoms with Crippen LogP contribution in [0.25, 0.3) is 11.0 Å². The van der Waals surface area contributed by atoms with Crippen molar-refractivity contribution in [2.24, 2.45) is 14.1 Å². The van der Waals surface area contributed by atoms with Crippen molar-refractivity contribution in [3.05, 3.63) is 38.7 Å². The number of likely N-dealkylation sites (tertiary alicyclic amines) is 1. The topological polar surface area (TPSA) is 86.4 Å². The van der Waals surface area contributed by atoms with Crippen LogP contribution in [0.2, 0.25) is 0 Å². The number of carbonyl (C=O) groups is 1. The molecule has 1 saturated heterocycles. The van der Waals surface area contributed by atoms with Crippen LogP contribution in [0.15, 0.2) is 21.9 Å². The van der Waals surface area contributed by atoms with Crippen LogP contribution in [-0.2, 0) is 18.8 Å². The van der Waals surface area contributed by atoms with Crippen LogP contribution in [0, 0.1) is 0 Å². The minimum absolute atomic E-state index is 0.158. The molecule has 1 amide bonds. The Labute approximate surface area is 138 Å². The lowest BCUT2D eigenvalue weighted by atomic mass is 10.1. The van der Waals surface area contributed by atoms with E-state index in [4.69, 9.17) is 4.74 Å². The first-order valence-electron chi connectivity index (χ1n) is 7.82. The Bertz CT molecular complexity index is 907. The van der Waals surface area contributed by atoms with Crippen LogP contribution < -0.4 is 11.2 Å². The predicted molar refractivity (Wildman–Crippen MR) is 88.2 cm³/mol. The van der Waals surface area contributed by atoms with Gasteiger partial charge in [-0.3, -0.25) is 18.7 Å². The fraction of sp³-hybridized carbons (Fsp3) is 0.500. The van der Waals surface area contributed by atoms with Crippen molar-refractivity contribution in [1.82, 2.24) is 19.0 Å². The summed E-state index contributed by atoms with van der Waals surface area (Å²) in [6.45, 7) is 1.22. The summed E-state index contributed by atoms with van der Waals surface area (Å²) in [5.41, 5.74) is -0.263. The molecule has 1 fully saturated rings. The molecule has 0 atom stereocenters. The number of fused-ring (bicyclic) bond motifs is 1. The number of ether oxygens (including phenoxy) is 1. The number of methoxy groups -OCH3 is 1. The van der Waals surface area contributed by atoms with Crippen molar-refractivity contribution in [3.8, 4) is 0 Å². The van der Waals surface area contributed by atoms with Gasteiger partial charge >= 0.3 is 5.69 Å². The monoisotopic (exact) mass is 332 g/mol. The zero-order valence-electron chi connectivity index (χ0n) is 14.0. The summed E-state index contributed by atoms with van der Waals surface area (Å²) in [5, 5.41) is 0.261. The van der Waals surface area contributed by atoms with Gasteiger partial charge in [0.25, 0.3) is 11.5 Å². The molecule has 8 nitrogen and oxygen atoms in total. The molecule has 0 aliphatic carbocycles. The normalized spacial score (nSPS) is 15.9. The van der Waals surface area contributed by atoms with Gasteiger partial charge in [0.2, 0.25) is 0 Å². The summed E-state index contributed by atoms with van der Waals surface area (Å²) in [5.74, 6) is -0.158. The average Bonchev–Trinajstić information content (AvgIpc) is 2.63. The van der Waals surface area contributed by atoms with Crippen LogP contribution in [0.4, 0.5) is 0 Å². The summed E-state index contributed by atoms with van der Waals surface area (Å²) in [7, 11) is 4.64. The van der Waals surface area contributed by atoms with E-state index in [-0.39, 0.29) is 23.0 Å². The number of pyridine rings is 1. The van der Waals surface area contributed by atoms with E-state index in [1.54, 1.807) is 19.1 Å². The van der Waals surface area contributed by atoms with Gasteiger partial charge in [0.05, 0.1) is 17.1 Å². The van der Waals surface area contributed by atoms with Gasteiger partial charge in [-0.25, -0.2) is 9.78 Å². The second kappa shape index (κ2) is 6.20. The maximum absolute atomic E-state index is 12.7. The zero-order chi connectivity index (χ0) is 17.4. The first-order valence-corrected chi connectivity index (χ1v) is 7.82. The Morgan fingerprint density at radius 2 is 1.88 bits per heavy atom. The van der Waals surface area contributed by atoms with Crippen LogP contribution in [0.5, 0.6) is 0 Å². The van der Waals surface area contributed by atoms with Gasteiger partial charge in [-0.1, -0.05) is 0 Å². The van der Waals surface area contributed by atoms with Crippen LogP contribution in [0.3, 0.4) is 0 Å². The largest absolute Gasteiger partial charge is 0.381 e. The van der Waals surface area contributed by atoms with Gasteiger partial charge < -0.3 is 9.64 Å². The number of piperidine rings is 1. The first-order chi connectivity index (χ1) is 11.4. The van der Waals surface area contributed by atoms with Gasteiger partial charge in [0.15, 0.2) is 0 Å². The zero-order valence-corrected chi connectivity index (χ0v) is 14.0. The number of carbonyl (C=O) groups excluding carboxylic acids is 1. The summed E-state index contributed by atoms with van der Waals surface area (Å²) in [4.78, 5) is 42.8. The van der Waals surface area contributed by atoms with E-state index in [1.807, 2.05) is 0 Å². The van der Waals surface area contributed by atoms with Crippen molar-refractivity contribution in [2.45, 2.75) is 18.9 Å². The number of aryl methyl sites for hydroxylation is 1. The Morgan fingerprint density at radius 1 is 1.21 bits per heavy atom. The number of aromatic nitrogens is 3. The molecule has 0 radical (unpaired) electrons. The van der Waals surface area contributed by atoms with Crippen molar-refractivity contribution in [1.29, 1.82) is 0 Å². The standard InChI is InChI=1S/C16H20N4O4/c1-18-13-12(15(22)19(2)16(18)23)8-10(9-17-13)14(21)20-6-4-11(24-3)5-7-20/h8-9,11H,4-7H2,1-3H3. The summed E-state index contributed by atoms with van der Waals surface area (Å²) < 4.78 is 7.63. The third-order valence-corrected chi connectivity index (χ3v) is 4.60. The number of hydrogen-bond acceptors (Lipinski definition) is 5. The van der Waals surface area contributed by atoms with E-state index in [0.29, 0.717) is 18.7 Å². The second-order valence-corrected chi connectivity index (χ2v) is 6.03. The first kappa shape index (κ1) is 16.4. The molecule has 1 aliphatic heterocycles. The van der Waals surface area contributed by atoms with E-state index in [9.17, 15) is 14.4 Å². The van der Waals surface area contributed by atoms with Gasteiger partial charge in [-0.05, 0) is 18.9 Å². The van der Waals surface area contributed by atoms with E-state index >= 15 is 0 Å². The molecule has 0 N–H and O–H groups in total. The molecule has 0 aromatic carbocycles. The fourth-order valence-electron chi connectivity index (χ4n) is 3.06. The van der Waals surface area contributed by atoms with Gasteiger partial charge in [-0.2, -0.15) is 0 Å². The number of rotatable bonds is 2. The number of hydrogen-bond donors (Lipinski definition) is 0. The highest BCUT2D eigenvalue weighted by atomic mass is 16.5. The second-order valence-electron chi connectivity index (χ2n) is 6.03. The fourth-order valence-corrected chi connectivity index (χ4v) is 3.06. The van der Waals surface area contributed by atoms with Crippen molar-refractivity contribution in [3.63, 3.8) is 0 Å². The third-order valence-electron chi connectivity index (χ3n) is 4.60. The molecular weight excluding hydrogens is 312 g/mol. The molecule has 8 heteroatoms. The van der Waals surface area contributed by atoms with Crippen molar-refractivity contribution < 1.29 is 9.53 Å². The van der Waals surface area contributed by atoms with Crippen molar-refractivity contribution in [2.75, 3.05) is 20.2 Å². The molecule has 0 bridgehead atoms. The van der Waals surface area contributed by atoms with Crippen LogP contribution >= 0.6 is 0 Å². The lowest BCUT2D eigenvalue weighted by Gasteiger charge is -2.31. The van der Waals surface area contributed by atoms with E-state index < -0.39 is 11.2 Å². The molecular formula is C16H20N4O4. The summed E-state index contributed by atoms with van der Waals surface area (Å²) >= 11 is 0. The van der Waals surface area contributed by atoms with Crippen molar-refractivity contribution >= 4 is 16.9 Å². The average molecular weight is 332 g/mol. The molecule has 3 heterocycles. The molecule has 2 aromatic rings. The lowest BCUT2D eigenvalue weighted by Crippen LogP contribution is -2.41. The third kappa shape index (κ3) is 2.62. The van der Waals surface area contributed by atoms with Crippen LogP contribution in [0.1, 0.15) is 23.2 Å². The van der Waals surface area contributed by atoms with E-state index in [1.165, 1.54) is 23.9 Å². The smallest absolute Gasteiger partial charge is 0.332 e. The SMILES string of the molecule is COC1CCN(C(=O)c2cnc3c(c2)c(=O)n(C)c(=O)n3C)CC1. The molecule has 24 heavy (non-hydrogen) atoms. The van der Waals surface area contributed by atoms with E-state index in [2.05, 4.69) is 4.98 Å². The number of nitrogens with zero attached hydrogens (tertiary/aromatic N) is 4. The lowest BCUT2D eigenvalue weighted by molar-refractivity contribution is 0.0350. The van der Waals surface area contributed by atoms with E-state index in [0.717, 1.165) is 17.4 Å². The molecule has 1 aliphatic rings. The van der Waals surface area contributed by atoms with Gasteiger partial charge in [-0.15, -0.1) is 0 Å². The Morgan fingerprint density at radius 3 is 2.50 bits per heavy atom. The highest BCUT2D eigenvalue weighted by Crippen LogP contribution is 2.16. The summed E-state index contributed by atoms with van der Waals surface area (Å²) in [6.07, 6.45) is 3.19. The maximum atomic E-state index is 12.7. The molecule has 2 aromatic heterocycles. The predicted octanol–water partition coefficient (Wildman–Crippen LogP) is -0.117. The minimum atomic E-state index is -0.451. The Balaban J connectivity index is 1.98. The van der Waals surface area contributed by atoms with Gasteiger partial charge in [0, 0.05) is 40.5 Å². The highest BCUT2D eigenvalue weighted by Gasteiger charge is 2.24. The Kier molecular flexibility index (Phi) is 4.23. The molecule has 3 rings (SSSR count). The summed E-state index contributed by atoms with van der Waals surface area (Å²) in [6, 6.07) is 1.52. The number of amides is 1. The quantitative estimate of drug-likeness (QED) is 0.765. The molecule has 128 valence electrons. The van der Waals surface area contributed by atoms with Gasteiger partial charge in [0.1, 0.15) is 5.65 Å². The minimum Gasteiger partial charge on any atom is -0.381 e. The van der Waals surface area contributed by atoms with Crippen LogP contribution in [-0.4, -0.2) is 51.2 Å². The molecule has 0 saturated carbocycles. The maximum Gasteiger partial charge on any atom is 0.332 e.